The summed E-state index contributed by atoms with van der Waals surface area (Å²) in [6, 6.07) is 69.1. The zero-order valence-corrected chi connectivity index (χ0v) is 52.8. The van der Waals surface area contributed by atoms with Crippen molar-refractivity contribution >= 4 is 21.5 Å². The summed E-state index contributed by atoms with van der Waals surface area (Å²) in [5.74, 6) is 1.75. The van der Waals surface area contributed by atoms with E-state index in [9.17, 15) is 0 Å². The van der Waals surface area contributed by atoms with Gasteiger partial charge in [-0.1, -0.05) is 245 Å². The van der Waals surface area contributed by atoms with Gasteiger partial charge in [-0.25, -0.2) is 0 Å². The first-order valence-electron chi connectivity index (χ1n) is 29.4. The van der Waals surface area contributed by atoms with Crippen LogP contribution in [0.3, 0.4) is 0 Å². The van der Waals surface area contributed by atoms with Crippen LogP contribution in [0.1, 0.15) is 80.4 Å². The third-order valence-electron chi connectivity index (χ3n) is 10.9. The van der Waals surface area contributed by atoms with Crippen LogP contribution in [0.15, 0.2) is 212 Å². The first-order chi connectivity index (χ1) is 42.6. The number of aryl methyl sites for hydroxylation is 2. The number of rotatable bonds is 13. The molecule has 0 radical (unpaired) electrons. The van der Waals surface area contributed by atoms with E-state index in [0.29, 0.717) is 41.7 Å². The highest BCUT2D eigenvalue weighted by atomic mass is 16.6. The van der Waals surface area contributed by atoms with Crippen LogP contribution in [0.5, 0.6) is 17.2 Å². The standard InChI is InChI=1S/2C10H8.C10H14.3C7H5NO.4C4H8O2.2C3H8.2CH4/c2*1-2-6-10-8-4-3-7-9(10)5-1;1-3-9-5-7-10(4-2)8-6-9;3*8-6-9-7-4-2-1-3-5-7;4*1-5-2-4-3-6-4;2*1-3-2;;/h2*1-8H;5-8H,3-4H2,1-2H3;3*1-5H;4*4H,2-3H2,1H3;2*3H2,1-2H3;2*1H4. The lowest BCUT2D eigenvalue weighted by Gasteiger charge is -1.97. The normalized spacial score (nSPS) is 14.4. The number of benzene rings is 8. The molecule has 12 rings (SSSR count). The molecule has 14 nitrogen and oxygen atoms in total. The summed E-state index contributed by atoms with van der Waals surface area (Å²) in [4.78, 5) is 0. The fourth-order valence-electron chi connectivity index (χ4n) is 6.30. The minimum atomic E-state index is 0. The van der Waals surface area contributed by atoms with E-state index in [1.54, 1.807) is 83.6 Å². The van der Waals surface area contributed by atoms with E-state index in [1.165, 1.54) is 45.5 Å². The molecule has 14 heteroatoms. The van der Waals surface area contributed by atoms with Crippen LogP contribution in [-0.4, -0.2) is 106 Å². The maximum Gasteiger partial charge on any atom is 0.292 e. The number of fused-ring (bicyclic) bond motifs is 2. The smallest absolute Gasteiger partial charge is 0.292 e. The molecule has 0 N–H and O–H groups in total. The van der Waals surface area contributed by atoms with Crippen LogP contribution in [0, 0.1) is 34.6 Å². The van der Waals surface area contributed by atoms with Crippen molar-refractivity contribution in [2.24, 2.45) is 0 Å². The number of ether oxygens (including phenoxy) is 11. The van der Waals surface area contributed by atoms with Crippen LogP contribution >= 0.6 is 0 Å². The van der Waals surface area contributed by atoms with Crippen LogP contribution in [0.2, 0.25) is 0 Å². The molecule has 4 atom stereocenters. The topological polar surface area (TPSA) is 186 Å². The van der Waals surface area contributed by atoms with E-state index >= 15 is 0 Å². The van der Waals surface area contributed by atoms with Crippen molar-refractivity contribution < 1.29 is 52.1 Å². The summed E-state index contributed by atoms with van der Waals surface area (Å²) >= 11 is 0. The van der Waals surface area contributed by atoms with Crippen molar-refractivity contribution in [3.8, 4) is 36.0 Å². The first-order valence-corrected chi connectivity index (χ1v) is 29.4. The molecule has 0 saturated carbocycles. The highest BCUT2D eigenvalue weighted by molar-refractivity contribution is 5.82. The van der Waals surface area contributed by atoms with Crippen molar-refractivity contribution in [1.29, 1.82) is 15.8 Å². The molecule has 8 aromatic carbocycles. The summed E-state index contributed by atoms with van der Waals surface area (Å²) < 4.78 is 51.8. The van der Waals surface area contributed by atoms with E-state index in [4.69, 9.17) is 53.7 Å². The Hall–Kier alpha value is -8.17. The molecule has 0 aromatic heterocycles. The second kappa shape index (κ2) is 58.8. The van der Waals surface area contributed by atoms with E-state index in [2.05, 4.69) is 177 Å². The zero-order chi connectivity index (χ0) is 63.6. The van der Waals surface area contributed by atoms with Crippen LogP contribution in [-0.2, 0) is 50.7 Å². The number of methoxy groups -OCH3 is 4. The van der Waals surface area contributed by atoms with E-state index in [-0.39, 0.29) is 14.9 Å². The molecule has 0 aliphatic carbocycles. The van der Waals surface area contributed by atoms with Gasteiger partial charge in [-0.2, -0.15) is 0 Å². The fraction of sp³-hybridized carbons (Fsp3) is 0.373. The third-order valence-corrected chi connectivity index (χ3v) is 10.9. The average molecular weight is 1220 g/mol. The summed E-state index contributed by atoms with van der Waals surface area (Å²) in [6.07, 6.45) is 11.2. The van der Waals surface area contributed by atoms with E-state index < -0.39 is 0 Å². The number of hydrogen-bond donors (Lipinski definition) is 0. The maximum absolute atomic E-state index is 8.05. The number of hydrogen-bond acceptors (Lipinski definition) is 14. The highest BCUT2D eigenvalue weighted by Crippen LogP contribution is 2.14. The van der Waals surface area contributed by atoms with E-state index in [0.717, 1.165) is 65.7 Å². The van der Waals surface area contributed by atoms with Gasteiger partial charge in [-0.15, -0.1) is 15.8 Å². The van der Waals surface area contributed by atoms with Crippen molar-refractivity contribution in [2.45, 2.75) is 106 Å². The van der Waals surface area contributed by atoms with Crippen molar-refractivity contribution in [3.63, 3.8) is 0 Å². The number of para-hydroxylation sites is 3. The van der Waals surface area contributed by atoms with Gasteiger partial charge in [0.25, 0.3) is 18.8 Å². The molecule has 4 saturated heterocycles. The molecule has 0 spiro atoms. The summed E-state index contributed by atoms with van der Waals surface area (Å²) in [5.41, 5.74) is 2.86. The molecule has 0 amide bonds. The fourth-order valence-corrected chi connectivity index (χ4v) is 6.30. The first kappa shape index (κ1) is 82.9. The highest BCUT2D eigenvalue weighted by Gasteiger charge is 2.22. The molecule has 89 heavy (non-hydrogen) atoms. The van der Waals surface area contributed by atoms with Gasteiger partial charge in [0.2, 0.25) is 0 Å². The molecule has 4 heterocycles. The quantitative estimate of drug-likeness (QED) is 0.0784. The van der Waals surface area contributed by atoms with Gasteiger partial charge in [-0.3, -0.25) is 0 Å². The lowest BCUT2D eigenvalue weighted by Crippen LogP contribution is -1.94. The number of nitriles is 3. The van der Waals surface area contributed by atoms with Crippen molar-refractivity contribution in [2.75, 3.05) is 81.3 Å². The van der Waals surface area contributed by atoms with Crippen LogP contribution in [0.4, 0.5) is 0 Å². The second-order valence-corrected chi connectivity index (χ2v) is 18.8. The van der Waals surface area contributed by atoms with Crippen molar-refractivity contribution in [3.05, 3.63) is 223 Å². The van der Waals surface area contributed by atoms with Crippen molar-refractivity contribution in [1.82, 2.24) is 0 Å². The zero-order valence-electron chi connectivity index (χ0n) is 52.8. The molecule has 4 fully saturated rings. The predicted octanol–water partition coefficient (Wildman–Crippen LogP) is 17.4. The Morgan fingerprint density at radius 3 is 0.607 bits per heavy atom. The predicted molar refractivity (Wildman–Crippen MR) is 363 cm³/mol. The number of nitrogens with zero attached hydrogens (tertiary/aromatic N) is 3. The van der Waals surface area contributed by atoms with Gasteiger partial charge in [-0.05, 0) is 81.9 Å². The van der Waals surface area contributed by atoms with Gasteiger partial charge < -0.3 is 52.1 Å². The van der Waals surface area contributed by atoms with E-state index in [1.807, 2.05) is 54.6 Å². The minimum absolute atomic E-state index is 0. The Morgan fingerprint density at radius 2 is 0.483 bits per heavy atom. The summed E-state index contributed by atoms with van der Waals surface area (Å²) in [5, 5.41) is 29.4. The second-order valence-electron chi connectivity index (χ2n) is 18.8. The molecule has 4 aliphatic heterocycles. The Balaban J connectivity index is 0. The van der Waals surface area contributed by atoms with Gasteiger partial charge in [0.15, 0.2) is 0 Å². The molecule has 4 unspecified atom stereocenters. The van der Waals surface area contributed by atoms with Gasteiger partial charge >= 0.3 is 0 Å². The SMILES string of the molecule is C.C.CCC.CCC.CCc1ccc(CC)cc1.COCC1CO1.COCC1CO1.COCC1CO1.COCC1CO1.N#COc1ccccc1.N#COc1ccccc1.N#COc1ccccc1.c1ccc2ccccc2c1.c1ccc2ccccc2c1. The largest absolute Gasteiger partial charge is 0.388 e. The lowest BCUT2D eigenvalue weighted by molar-refractivity contribution is 0.171. The van der Waals surface area contributed by atoms with Gasteiger partial charge in [0.1, 0.15) is 41.7 Å². The molecular formula is C75H101N3O11. The Morgan fingerprint density at radius 1 is 0.315 bits per heavy atom. The maximum atomic E-state index is 8.05. The molecule has 4 aliphatic rings. The average Bonchev–Trinajstić information content (AvgIpc) is 4.49. The summed E-state index contributed by atoms with van der Waals surface area (Å²) in [6.45, 7) is 19.5. The van der Waals surface area contributed by atoms with Crippen LogP contribution < -0.4 is 14.2 Å². The Kier molecular flexibility index (Phi) is 54.8. The Labute approximate surface area is 534 Å². The van der Waals surface area contributed by atoms with Crippen LogP contribution in [0.25, 0.3) is 21.5 Å². The number of epoxide rings is 4. The van der Waals surface area contributed by atoms with Gasteiger partial charge in [0.05, 0.1) is 52.9 Å². The third kappa shape index (κ3) is 49.5. The van der Waals surface area contributed by atoms with Gasteiger partial charge in [0, 0.05) is 28.4 Å². The molecule has 482 valence electrons. The Bertz CT molecular complexity index is 2530. The molecule has 8 aromatic rings. The molecular weight excluding hydrogens is 1120 g/mol. The lowest BCUT2D eigenvalue weighted by atomic mass is 10.1. The monoisotopic (exact) mass is 1220 g/mol. The summed E-state index contributed by atoms with van der Waals surface area (Å²) in [7, 11) is 6.73. The minimum Gasteiger partial charge on any atom is -0.388 e. The molecule has 0 bridgehead atoms.